The summed E-state index contributed by atoms with van der Waals surface area (Å²) in [6, 6.07) is 14.0. The molecule has 0 aromatic heterocycles. The van der Waals surface area contributed by atoms with Gasteiger partial charge in [-0.3, -0.25) is 4.90 Å². The van der Waals surface area contributed by atoms with Gasteiger partial charge in [0.15, 0.2) is 0 Å². The number of carboxylic acid groups (broad SMARTS) is 2. The molecule has 186 valence electrons. The average molecular weight is 508 g/mol. The number of rotatable bonds is 7. The van der Waals surface area contributed by atoms with Gasteiger partial charge in [-0.1, -0.05) is 42.1 Å². The molecule has 4 rings (SSSR count). The molecule has 0 bridgehead atoms. The Bertz CT molecular complexity index is 1360. The Morgan fingerprint density at radius 1 is 0.971 bits per heavy atom. The highest BCUT2D eigenvalue weighted by atomic mass is 32.2. The average Bonchev–Trinajstić information content (AvgIpc) is 3.07. The molecule has 2 heterocycles. The third-order valence-corrected chi connectivity index (χ3v) is 5.45. The van der Waals surface area contributed by atoms with Crippen LogP contribution in [0.3, 0.4) is 0 Å². The van der Waals surface area contributed by atoms with Crippen LogP contribution >= 0.6 is 11.8 Å². The molecule has 2 aromatic carbocycles. The highest BCUT2D eigenvalue weighted by molar-refractivity contribution is 7.99. The molecule has 10 heteroatoms. The second-order valence-electron chi connectivity index (χ2n) is 6.78. The van der Waals surface area contributed by atoms with Gasteiger partial charge < -0.3 is 25.0 Å². The Morgan fingerprint density at radius 3 is 2.26 bits per heavy atom. The summed E-state index contributed by atoms with van der Waals surface area (Å²) in [5.74, 6) is -2.71. The van der Waals surface area contributed by atoms with Crippen molar-refractivity contribution in [3.05, 3.63) is 66.2 Å². The highest BCUT2D eigenvalue weighted by Crippen LogP contribution is 2.40. The number of para-hydroxylation sites is 1. The van der Waals surface area contributed by atoms with Crippen molar-refractivity contribution < 1.29 is 40.6 Å². The molecular weight excluding hydrogens is 470 g/mol. The highest BCUT2D eigenvalue weighted by Gasteiger charge is 2.24. The third-order valence-electron chi connectivity index (χ3n) is 4.31. The summed E-state index contributed by atoms with van der Waals surface area (Å²) < 4.78 is 74.9. The summed E-state index contributed by atoms with van der Waals surface area (Å²) >= 11 is 1.37. The van der Waals surface area contributed by atoms with Crippen LogP contribution in [0.15, 0.2) is 75.5 Å². The van der Waals surface area contributed by atoms with Gasteiger partial charge in [0.2, 0.25) is 0 Å². The number of aliphatic imine (C=N–C) groups is 1. The topological polar surface area (TPSA) is 123 Å². The summed E-state index contributed by atoms with van der Waals surface area (Å²) in [5.41, 5.74) is 0.809. The molecular formula is C25H29N3O6S. The second-order valence-corrected chi connectivity index (χ2v) is 7.87. The number of hydrogen-bond acceptors (Lipinski definition) is 8. The van der Waals surface area contributed by atoms with Gasteiger partial charge >= 0.3 is 11.9 Å². The molecule has 2 aliphatic rings. The van der Waals surface area contributed by atoms with Crippen molar-refractivity contribution in [2.75, 3.05) is 52.4 Å². The quantitative estimate of drug-likeness (QED) is 0.383. The van der Waals surface area contributed by atoms with Gasteiger partial charge in [-0.2, -0.15) is 0 Å². The fraction of sp³-hybridized carbons (Fsp3) is 0.320. The lowest BCUT2D eigenvalue weighted by molar-refractivity contribution is -0.134. The zero-order valence-electron chi connectivity index (χ0n) is 26.4. The number of carbonyl (C=O) groups is 2. The molecule has 0 atom stereocenters. The summed E-state index contributed by atoms with van der Waals surface area (Å²) in [4.78, 5) is 26.1. The number of nitrogens with zero attached hydrogens (tertiary/aromatic N) is 3. The first-order valence-corrected chi connectivity index (χ1v) is 11.2. The fourth-order valence-corrected chi connectivity index (χ4v) is 3.82. The van der Waals surface area contributed by atoms with Crippen molar-refractivity contribution in [1.82, 2.24) is 9.80 Å². The Balaban J connectivity index is 0.000000557. The van der Waals surface area contributed by atoms with Crippen LogP contribution in [0.25, 0.3) is 0 Å². The van der Waals surface area contributed by atoms with Gasteiger partial charge in [0.1, 0.15) is 5.84 Å². The molecule has 35 heavy (non-hydrogen) atoms. The molecule has 1 fully saturated rings. The van der Waals surface area contributed by atoms with Gasteiger partial charge in [0.05, 0.1) is 31.0 Å². The minimum atomic E-state index is -3.05. The number of hydrogen-bond donors (Lipinski definition) is 3. The van der Waals surface area contributed by atoms with Crippen LogP contribution in [0.1, 0.15) is 16.5 Å². The van der Waals surface area contributed by atoms with E-state index >= 15 is 0 Å². The summed E-state index contributed by atoms with van der Waals surface area (Å²) in [6.45, 7) is -13.1. The molecule has 2 aromatic rings. The molecule has 0 spiro atoms. The number of carboxylic acids is 2. The smallest absolute Gasteiger partial charge is 0.328 e. The van der Waals surface area contributed by atoms with Crippen LogP contribution < -0.4 is 0 Å². The Labute approximate surface area is 219 Å². The largest absolute Gasteiger partial charge is 0.478 e. The molecule has 2 aliphatic heterocycles. The number of amidine groups is 1. The van der Waals surface area contributed by atoms with Crippen LogP contribution in [-0.4, -0.2) is 95.2 Å². The van der Waals surface area contributed by atoms with Crippen molar-refractivity contribution in [3.63, 3.8) is 0 Å². The van der Waals surface area contributed by atoms with E-state index in [1.165, 1.54) is 11.8 Å². The van der Waals surface area contributed by atoms with E-state index in [-0.39, 0.29) is 25.7 Å². The number of aliphatic carboxylic acids is 2. The number of fused-ring (bicyclic) bond motifs is 2. The zero-order chi connectivity index (χ0) is 32.2. The van der Waals surface area contributed by atoms with Gasteiger partial charge in [0, 0.05) is 65.5 Å². The predicted molar refractivity (Wildman–Crippen MR) is 134 cm³/mol. The van der Waals surface area contributed by atoms with Crippen LogP contribution in [0.4, 0.5) is 5.69 Å². The molecule has 3 N–H and O–H groups in total. The van der Waals surface area contributed by atoms with Gasteiger partial charge in [0.25, 0.3) is 0 Å². The molecule has 9 nitrogen and oxygen atoms in total. The van der Waals surface area contributed by atoms with Crippen LogP contribution in [0.5, 0.6) is 0 Å². The van der Waals surface area contributed by atoms with E-state index < -0.39 is 44.5 Å². The number of aliphatic hydroxyl groups is 1. The van der Waals surface area contributed by atoms with Gasteiger partial charge in [-0.05, 0) is 18.2 Å². The second kappa shape index (κ2) is 13.6. The van der Waals surface area contributed by atoms with Crippen molar-refractivity contribution in [2.45, 2.75) is 9.79 Å². The summed E-state index contributed by atoms with van der Waals surface area (Å²) in [5, 5.41) is 24.5. The van der Waals surface area contributed by atoms with Crippen LogP contribution in [0, 0.1) is 0 Å². The molecule has 0 saturated carbocycles. The normalized spacial score (nSPS) is 24.5. The lowest BCUT2D eigenvalue weighted by Crippen LogP contribution is -2.49. The number of benzene rings is 2. The number of aliphatic hydroxyl groups excluding tert-OH is 1. The Kier molecular flexibility index (Phi) is 6.74. The maximum Gasteiger partial charge on any atom is 0.328 e. The van der Waals surface area contributed by atoms with Crippen LogP contribution in [-0.2, 0) is 14.3 Å². The van der Waals surface area contributed by atoms with Crippen molar-refractivity contribution in [3.8, 4) is 0 Å². The van der Waals surface area contributed by atoms with E-state index in [9.17, 15) is 9.59 Å². The van der Waals surface area contributed by atoms with E-state index in [1.54, 1.807) is 36.4 Å². The van der Waals surface area contributed by atoms with Crippen molar-refractivity contribution in [2.24, 2.45) is 4.99 Å². The lowest BCUT2D eigenvalue weighted by atomic mass is 10.1. The summed E-state index contributed by atoms with van der Waals surface area (Å²) in [7, 11) is 0. The predicted octanol–water partition coefficient (Wildman–Crippen LogP) is 2.57. The van der Waals surface area contributed by atoms with Gasteiger partial charge in [-0.25, -0.2) is 14.6 Å². The molecule has 0 aliphatic carbocycles. The monoisotopic (exact) mass is 507 g/mol. The summed E-state index contributed by atoms with van der Waals surface area (Å²) in [6.07, 6.45) is 1.12. The van der Waals surface area contributed by atoms with E-state index in [4.69, 9.17) is 31.0 Å². The molecule has 0 unspecified atom stereocenters. The molecule has 1 saturated heterocycles. The number of piperazine rings is 1. The Hall–Kier alpha value is -3.18. The van der Waals surface area contributed by atoms with E-state index in [0.29, 0.717) is 38.1 Å². The maximum atomic E-state index is 9.55. The first-order valence-electron chi connectivity index (χ1n) is 14.4. The van der Waals surface area contributed by atoms with Crippen molar-refractivity contribution >= 4 is 35.2 Å². The number of ether oxygens (including phenoxy) is 1. The first-order chi connectivity index (χ1) is 20.0. The molecule has 0 radical (unpaired) electrons. The van der Waals surface area contributed by atoms with Gasteiger partial charge in [-0.15, -0.1) is 0 Å². The van der Waals surface area contributed by atoms with E-state index in [0.717, 1.165) is 4.90 Å². The first kappa shape index (κ1) is 17.3. The Morgan fingerprint density at radius 2 is 1.60 bits per heavy atom. The zero-order valence-corrected chi connectivity index (χ0v) is 19.2. The minimum Gasteiger partial charge on any atom is -0.478 e. The fourth-order valence-electron chi connectivity index (χ4n) is 2.80. The minimum absolute atomic E-state index is 0.0591. The molecule has 0 amide bonds. The SMILES string of the molecule is O=C(O)C=CC(=O)O.[2H]C1([2H])N(CCOCCO)C([2H])([2H])C([2H])([2H])N(C2=Nc3ccccc3Sc3ccccc32)C1([2H])[2H]. The van der Waals surface area contributed by atoms with E-state index in [1.807, 2.05) is 12.1 Å². The van der Waals surface area contributed by atoms with E-state index in [2.05, 4.69) is 4.99 Å². The standard InChI is InChI=1S/C21H25N3O2S.C4H4O4/c25-14-16-26-15-13-23-9-11-24(12-10-23)21-17-5-1-3-7-19(17)27-20-8-4-2-6-18(20)22-21;5-3(6)1-2-4(7)8/h1-8,25H,9-16H2;1-2H,(H,5,6)(H,7,8)/i9D2,10D2,11D2,12D2;. The lowest BCUT2D eigenvalue weighted by Gasteiger charge is -2.36. The third kappa shape index (κ3) is 8.22. The maximum absolute atomic E-state index is 9.55. The van der Waals surface area contributed by atoms with Crippen molar-refractivity contribution in [1.29, 1.82) is 0 Å². The van der Waals surface area contributed by atoms with Crippen LogP contribution in [0.2, 0.25) is 0 Å².